The van der Waals surface area contributed by atoms with E-state index in [0.29, 0.717) is 28.7 Å². The predicted octanol–water partition coefficient (Wildman–Crippen LogP) is 4.33. The van der Waals surface area contributed by atoms with E-state index in [4.69, 9.17) is 0 Å². The fourth-order valence-corrected chi connectivity index (χ4v) is 4.20. The number of amides is 2. The molecule has 0 aliphatic carbocycles. The van der Waals surface area contributed by atoms with Crippen LogP contribution in [0.5, 0.6) is 0 Å². The normalized spacial score (nSPS) is 11.7. The van der Waals surface area contributed by atoms with Crippen LogP contribution < -0.4 is 10.6 Å². The van der Waals surface area contributed by atoms with Gasteiger partial charge in [0.15, 0.2) is 10.9 Å². The number of carbonyl (C=O) groups excluding carboxylic acids is 3. The Bertz CT molecular complexity index is 1220. The Hall–Kier alpha value is -3.46. The summed E-state index contributed by atoms with van der Waals surface area (Å²) in [7, 11) is 1.78. The summed E-state index contributed by atoms with van der Waals surface area (Å²) in [6.07, 6.45) is 0.635. The predicted molar refractivity (Wildman–Crippen MR) is 134 cm³/mol. The summed E-state index contributed by atoms with van der Waals surface area (Å²) in [4.78, 5) is 37.0. The highest BCUT2D eigenvalue weighted by atomic mass is 32.2. The zero-order valence-corrected chi connectivity index (χ0v) is 20.8. The van der Waals surface area contributed by atoms with Crippen molar-refractivity contribution in [3.63, 3.8) is 0 Å². The SMILES string of the molecule is CC[C@H](Sc1nnc(CC(=O)Nc2ccc(C)c(C)c2)n1C)C(=O)Nc1cccc(C(C)=O)c1. The number of ketones is 1. The first kappa shape index (κ1) is 25.2. The molecule has 2 N–H and O–H groups in total. The van der Waals surface area contributed by atoms with Crippen molar-refractivity contribution in [3.8, 4) is 0 Å². The minimum atomic E-state index is -0.416. The van der Waals surface area contributed by atoms with Crippen molar-refractivity contribution >= 4 is 40.7 Å². The molecule has 9 heteroatoms. The van der Waals surface area contributed by atoms with Crippen LogP contribution in [0.4, 0.5) is 11.4 Å². The number of aryl methyl sites for hydroxylation is 2. The Balaban J connectivity index is 1.63. The zero-order valence-electron chi connectivity index (χ0n) is 20.0. The lowest BCUT2D eigenvalue weighted by atomic mass is 10.1. The fraction of sp³-hybridized carbons (Fsp3) is 0.320. The first-order valence-corrected chi connectivity index (χ1v) is 11.9. The lowest BCUT2D eigenvalue weighted by Crippen LogP contribution is -2.25. The van der Waals surface area contributed by atoms with E-state index in [1.54, 1.807) is 35.9 Å². The van der Waals surface area contributed by atoms with Crippen molar-refractivity contribution in [2.75, 3.05) is 10.6 Å². The summed E-state index contributed by atoms with van der Waals surface area (Å²) < 4.78 is 1.73. The Morgan fingerprint density at radius 1 is 1.00 bits per heavy atom. The molecule has 0 bridgehead atoms. The van der Waals surface area contributed by atoms with Crippen LogP contribution in [0.1, 0.15) is 47.6 Å². The number of anilines is 2. The number of nitrogens with zero attached hydrogens (tertiary/aromatic N) is 3. The maximum atomic E-state index is 12.8. The molecule has 0 aliphatic rings. The highest BCUT2D eigenvalue weighted by Gasteiger charge is 2.22. The molecule has 0 radical (unpaired) electrons. The van der Waals surface area contributed by atoms with Crippen molar-refractivity contribution in [1.29, 1.82) is 0 Å². The summed E-state index contributed by atoms with van der Waals surface area (Å²) in [5.41, 5.74) is 4.11. The molecular formula is C25H29N5O3S. The molecule has 3 aromatic rings. The third kappa shape index (κ3) is 6.32. The monoisotopic (exact) mass is 479 g/mol. The smallest absolute Gasteiger partial charge is 0.237 e. The number of Topliss-reactive ketones (excluding diaryl/α,β-unsaturated/α-hetero) is 1. The summed E-state index contributed by atoms with van der Waals surface area (Å²) >= 11 is 1.29. The molecule has 0 spiro atoms. The molecule has 3 rings (SSSR count). The van der Waals surface area contributed by atoms with Crippen molar-refractivity contribution in [2.24, 2.45) is 7.05 Å². The van der Waals surface area contributed by atoms with Crippen molar-refractivity contribution in [3.05, 3.63) is 65.0 Å². The lowest BCUT2D eigenvalue weighted by molar-refractivity contribution is -0.116. The molecule has 2 amide bonds. The molecule has 1 aromatic heterocycles. The van der Waals surface area contributed by atoms with Gasteiger partial charge in [-0.3, -0.25) is 14.4 Å². The quantitative estimate of drug-likeness (QED) is 0.350. The number of hydrogen-bond acceptors (Lipinski definition) is 6. The first-order valence-electron chi connectivity index (χ1n) is 11.0. The maximum absolute atomic E-state index is 12.8. The van der Waals surface area contributed by atoms with Crippen LogP contribution in [-0.2, 0) is 23.1 Å². The van der Waals surface area contributed by atoms with E-state index < -0.39 is 5.25 Å². The van der Waals surface area contributed by atoms with E-state index in [1.807, 2.05) is 39.0 Å². The van der Waals surface area contributed by atoms with Crippen LogP contribution in [-0.4, -0.2) is 37.6 Å². The van der Waals surface area contributed by atoms with Crippen LogP contribution in [0.3, 0.4) is 0 Å². The van der Waals surface area contributed by atoms with Gasteiger partial charge in [0.2, 0.25) is 11.8 Å². The van der Waals surface area contributed by atoms with Gasteiger partial charge in [0.05, 0.1) is 11.7 Å². The van der Waals surface area contributed by atoms with E-state index in [2.05, 4.69) is 20.8 Å². The van der Waals surface area contributed by atoms with Crippen molar-refractivity contribution in [1.82, 2.24) is 14.8 Å². The Morgan fingerprint density at radius 3 is 2.41 bits per heavy atom. The second-order valence-corrected chi connectivity index (χ2v) is 9.29. The minimum absolute atomic E-state index is 0.0642. The topological polar surface area (TPSA) is 106 Å². The van der Waals surface area contributed by atoms with E-state index in [1.165, 1.54) is 18.7 Å². The Kier molecular flexibility index (Phi) is 8.22. The summed E-state index contributed by atoms with van der Waals surface area (Å²) in [5.74, 6) is 0.0645. The fourth-order valence-electron chi connectivity index (χ4n) is 3.26. The molecule has 0 saturated heterocycles. The molecule has 2 aromatic carbocycles. The number of benzene rings is 2. The van der Waals surface area contributed by atoms with Crippen LogP contribution in [0.25, 0.3) is 0 Å². The van der Waals surface area contributed by atoms with E-state index >= 15 is 0 Å². The lowest BCUT2D eigenvalue weighted by Gasteiger charge is -2.14. The van der Waals surface area contributed by atoms with Gasteiger partial charge in [-0.15, -0.1) is 10.2 Å². The molecule has 34 heavy (non-hydrogen) atoms. The van der Waals surface area contributed by atoms with E-state index in [-0.39, 0.29) is 24.0 Å². The minimum Gasteiger partial charge on any atom is -0.326 e. The van der Waals surface area contributed by atoms with Gasteiger partial charge in [0.25, 0.3) is 0 Å². The summed E-state index contributed by atoms with van der Waals surface area (Å²) in [6.45, 7) is 7.42. The van der Waals surface area contributed by atoms with Gasteiger partial charge in [0, 0.05) is 24.0 Å². The Labute approximate surface area is 203 Å². The largest absolute Gasteiger partial charge is 0.326 e. The zero-order chi connectivity index (χ0) is 24.8. The van der Waals surface area contributed by atoms with Gasteiger partial charge in [-0.1, -0.05) is 36.9 Å². The van der Waals surface area contributed by atoms with Crippen LogP contribution in [0, 0.1) is 13.8 Å². The number of aromatic nitrogens is 3. The summed E-state index contributed by atoms with van der Waals surface area (Å²) in [6, 6.07) is 12.6. The van der Waals surface area contributed by atoms with Gasteiger partial charge in [0.1, 0.15) is 5.82 Å². The summed E-state index contributed by atoms with van der Waals surface area (Å²) in [5, 5.41) is 14.2. The molecule has 1 heterocycles. The maximum Gasteiger partial charge on any atom is 0.237 e. The van der Waals surface area contributed by atoms with Crippen molar-refractivity contribution in [2.45, 2.75) is 50.9 Å². The van der Waals surface area contributed by atoms with Crippen molar-refractivity contribution < 1.29 is 14.4 Å². The van der Waals surface area contributed by atoms with Gasteiger partial charge in [-0.05, 0) is 62.6 Å². The third-order valence-electron chi connectivity index (χ3n) is 5.48. The van der Waals surface area contributed by atoms with Gasteiger partial charge in [-0.2, -0.15) is 0 Å². The molecule has 0 aliphatic heterocycles. The van der Waals surface area contributed by atoms with Crippen LogP contribution >= 0.6 is 11.8 Å². The second-order valence-electron chi connectivity index (χ2n) is 8.12. The molecule has 0 saturated carbocycles. The van der Waals surface area contributed by atoms with Gasteiger partial charge < -0.3 is 15.2 Å². The Morgan fingerprint density at radius 2 is 1.74 bits per heavy atom. The molecule has 0 fully saturated rings. The number of thioether (sulfide) groups is 1. The van der Waals surface area contributed by atoms with Crippen LogP contribution in [0.15, 0.2) is 47.6 Å². The van der Waals surface area contributed by atoms with Crippen LogP contribution in [0.2, 0.25) is 0 Å². The van der Waals surface area contributed by atoms with Gasteiger partial charge >= 0.3 is 0 Å². The first-order chi connectivity index (χ1) is 16.2. The average molecular weight is 480 g/mol. The number of nitrogens with one attached hydrogen (secondary N) is 2. The molecule has 178 valence electrons. The highest BCUT2D eigenvalue weighted by Crippen LogP contribution is 2.26. The highest BCUT2D eigenvalue weighted by molar-refractivity contribution is 8.00. The standard InChI is InChI=1S/C25H29N5O3S/c1-6-21(24(33)27-19-9-7-8-18(13-19)17(4)31)34-25-29-28-22(30(25)5)14-23(32)26-20-11-10-15(2)16(3)12-20/h7-13,21H,6,14H2,1-5H3,(H,26,32)(H,27,33)/t21-/m0/s1. The van der Waals surface area contributed by atoms with Gasteiger partial charge in [-0.25, -0.2) is 0 Å². The molecule has 1 atom stereocenters. The number of hydrogen-bond donors (Lipinski definition) is 2. The second kappa shape index (κ2) is 11.1. The average Bonchev–Trinajstić information content (AvgIpc) is 3.13. The number of carbonyl (C=O) groups is 3. The van der Waals surface area contributed by atoms with E-state index in [0.717, 1.165) is 16.8 Å². The molecule has 0 unspecified atom stereocenters. The third-order valence-corrected chi connectivity index (χ3v) is 6.88. The number of rotatable bonds is 9. The molecular weight excluding hydrogens is 450 g/mol. The molecule has 8 nitrogen and oxygen atoms in total. The van der Waals surface area contributed by atoms with E-state index in [9.17, 15) is 14.4 Å².